The Morgan fingerprint density at radius 1 is 0.591 bits per heavy atom. The van der Waals surface area contributed by atoms with Gasteiger partial charge in [-0.05, 0) is 47.5 Å². The summed E-state index contributed by atoms with van der Waals surface area (Å²) in [4.78, 5) is 55.3. The average molecular weight is 607 g/mol. The van der Waals surface area contributed by atoms with Crippen molar-refractivity contribution in [3.05, 3.63) is 70.8 Å². The predicted octanol–water partition coefficient (Wildman–Crippen LogP) is 2.18. The number of benzene rings is 2. The van der Waals surface area contributed by atoms with Gasteiger partial charge in [-0.15, -0.1) is 0 Å². The van der Waals surface area contributed by atoms with Crippen molar-refractivity contribution in [2.24, 2.45) is 0 Å². The van der Waals surface area contributed by atoms with E-state index >= 15 is 0 Å². The van der Waals surface area contributed by atoms with Crippen molar-refractivity contribution >= 4 is 47.4 Å². The van der Waals surface area contributed by atoms with Crippen LogP contribution in [0.15, 0.2) is 59.7 Å². The van der Waals surface area contributed by atoms with Crippen LogP contribution in [0.5, 0.6) is 0 Å². The van der Waals surface area contributed by atoms with E-state index in [-0.39, 0.29) is 50.0 Å². The molecule has 0 unspecified atom stereocenters. The van der Waals surface area contributed by atoms with Crippen LogP contribution in [0.25, 0.3) is 12.2 Å². The molecule has 3 aliphatic rings. The number of ether oxygens (including phenoxy) is 4. The minimum Gasteiger partial charge on any atom is -0.419 e. The molecular formula is C32H34N2O10. The molecule has 2 spiro atoms. The van der Waals surface area contributed by atoms with Gasteiger partial charge in [0.15, 0.2) is 0 Å². The molecule has 232 valence electrons. The van der Waals surface area contributed by atoms with Crippen LogP contribution in [0, 0.1) is 0 Å². The standard InChI is InChI=1S/C32H34N2O10/c1-33(15-17-35)23-7-3-21(4-8-23)19-25-27(37)41-31(42-28(25)38)11-13-32(14-12-31)43-29(39)26(30(40)44-32)20-22-5-9-24(10-6-22)34(2)16-18-36/h3-10,19-20,35-36H,11-18H2,1-2H3. The maximum atomic E-state index is 12.9. The van der Waals surface area contributed by atoms with Crippen LogP contribution in [0.3, 0.4) is 0 Å². The molecule has 2 aromatic rings. The van der Waals surface area contributed by atoms with Gasteiger partial charge in [0.05, 0.1) is 13.2 Å². The van der Waals surface area contributed by atoms with E-state index in [2.05, 4.69) is 0 Å². The Labute approximate surface area is 254 Å². The van der Waals surface area contributed by atoms with Gasteiger partial charge in [-0.1, -0.05) is 24.3 Å². The van der Waals surface area contributed by atoms with Crippen molar-refractivity contribution in [1.29, 1.82) is 0 Å². The largest absolute Gasteiger partial charge is 0.419 e. The van der Waals surface area contributed by atoms with Crippen molar-refractivity contribution in [3.8, 4) is 0 Å². The molecule has 2 N–H and O–H groups in total. The monoisotopic (exact) mass is 606 g/mol. The second-order valence-electron chi connectivity index (χ2n) is 11.0. The summed E-state index contributed by atoms with van der Waals surface area (Å²) in [5.41, 5.74) is 2.37. The summed E-state index contributed by atoms with van der Waals surface area (Å²) in [5.74, 6) is -6.48. The van der Waals surface area contributed by atoms with Crippen LogP contribution >= 0.6 is 0 Å². The third kappa shape index (κ3) is 6.46. The Hall–Kier alpha value is -4.68. The van der Waals surface area contributed by atoms with E-state index in [9.17, 15) is 19.2 Å². The summed E-state index contributed by atoms with van der Waals surface area (Å²) >= 11 is 0. The molecule has 0 radical (unpaired) electrons. The second kappa shape index (κ2) is 12.5. The van der Waals surface area contributed by atoms with Crippen molar-refractivity contribution < 1.29 is 48.3 Å². The first kappa shape index (κ1) is 30.8. The highest BCUT2D eigenvalue weighted by molar-refractivity contribution is 6.19. The van der Waals surface area contributed by atoms with Gasteiger partial charge >= 0.3 is 23.9 Å². The van der Waals surface area contributed by atoms with Crippen LogP contribution < -0.4 is 9.80 Å². The normalized spacial score (nSPS) is 23.1. The Morgan fingerprint density at radius 2 is 0.886 bits per heavy atom. The van der Waals surface area contributed by atoms with Crippen molar-refractivity contribution in [2.75, 3.05) is 50.2 Å². The summed E-state index contributed by atoms with van der Waals surface area (Å²) in [6.07, 6.45) is 2.63. The van der Waals surface area contributed by atoms with E-state index in [4.69, 9.17) is 29.2 Å². The van der Waals surface area contributed by atoms with Gasteiger partial charge < -0.3 is 39.0 Å². The molecule has 0 atom stereocenters. The lowest BCUT2D eigenvalue weighted by Crippen LogP contribution is -2.56. The Bertz CT molecular complexity index is 1330. The topological polar surface area (TPSA) is 152 Å². The summed E-state index contributed by atoms with van der Waals surface area (Å²) in [7, 11) is 3.67. The number of carbonyl (C=O) groups is 4. The van der Waals surface area contributed by atoms with E-state index in [1.807, 2.05) is 23.9 Å². The number of aliphatic hydroxyl groups is 2. The maximum absolute atomic E-state index is 12.9. The first-order chi connectivity index (χ1) is 21.1. The molecule has 0 bridgehead atoms. The van der Waals surface area contributed by atoms with Crippen LogP contribution in [0.1, 0.15) is 36.8 Å². The zero-order valence-electron chi connectivity index (χ0n) is 24.5. The minimum atomic E-state index is -1.56. The highest BCUT2D eigenvalue weighted by Crippen LogP contribution is 2.45. The molecule has 3 fully saturated rings. The van der Waals surface area contributed by atoms with E-state index in [0.717, 1.165) is 11.4 Å². The quantitative estimate of drug-likeness (QED) is 0.257. The van der Waals surface area contributed by atoms with E-state index < -0.39 is 35.5 Å². The van der Waals surface area contributed by atoms with E-state index in [1.165, 1.54) is 12.2 Å². The zero-order valence-corrected chi connectivity index (χ0v) is 24.5. The molecule has 1 aliphatic carbocycles. The van der Waals surface area contributed by atoms with Gasteiger partial charge in [0.1, 0.15) is 11.1 Å². The minimum absolute atomic E-state index is 0.00674. The number of hydrogen-bond donors (Lipinski definition) is 2. The molecule has 12 nitrogen and oxygen atoms in total. The highest BCUT2D eigenvalue weighted by Gasteiger charge is 2.56. The number of nitrogens with zero attached hydrogens (tertiary/aromatic N) is 2. The number of carbonyl (C=O) groups excluding carboxylic acids is 4. The lowest BCUT2D eigenvalue weighted by molar-refractivity contribution is -0.291. The summed E-state index contributed by atoms with van der Waals surface area (Å²) in [6, 6.07) is 14.1. The lowest BCUT2D eigenvalue weighted by Gasteiger charge is -2.46. The number of aliphatic hydroxyl groups excluding tert-OH is 2. The van der Waals surface area contributed by atoms with E-state index in [1.54, 1.807) is 48.5 Å². The van der Waals surface area contributed by atoms with Gasteiger partial charge in [-0.2, -0.15) is 0 Å². The summed E-state index contributed by atoms with van der Waals surface area (Å²) in [5, 5.41) is 18.2. The summed E-state index contributed by atoms with van der Waals surface area (Å²) in [6.45, 7) is 0.927. The van der Waals surface area contributed by atoms with Crippen LogP contribution in [-0.4, -0.2) is 86.1 Å². The molecule has 0 aromatic heterocycles. The van der Waals surface area contributed by atoms with Crippen molar-refractivity contribution in [3.63, 3.8) is 0 Å². The molecule has 1 saturated carbocycles. The van der Waals surface area contributed by atoms with Crippen LogP contribution in [-0.2, 0) is 38.1 Å². The van der Waals surface area contributed by atoms with Gasteiger partial charge in [-0.25, -0.2) is 19.2 Å². The highest BCUT2D eigenvalue weighted by atomic mass is 16.8. The first-order valence-corrected chi connectivity index (χ1v) is 14.3. The molecule has 2 heterocycles. The van der Waals surface area contributed by atoms with Gasteiger partial charge in [0.2, 0.25) is 0 Å². The van der Waals surface area contributed by atoms with Gasteiger partial charge in [-0.3, -0.25) is 0 Å². The molecular weight excluding hydrogens is 572 g/mol. The Balaban J connectivity index is 1.21. The van der Waals surface area contributed by atoms with Gasteiger partial charge in [0, 0.05) is 64.2 Å². The number of rotatable bonds is 8. The molecule has 12 heteroatoms. The summed E-state index contributed by atoms with van der Waals surface area (Å²) < 4.78 is 22.4. The first-order valence-electron chi connectivity index (χ1n) is 14.3. The fourth-order valence-electron chi connectivity index (χ4n) is 5.30. The molecule has 2 aliphatic heterocycles. The van der Waals surface area contributed by atoms with Crippen molar-refractivity contribution in [1.82, 2.24) is 0 Å². The number of anilines is 2. The maximum Gasteiger partial charge on any atom is 0.348 e. The Kier molecular flexibility index (Phi) is 8.75. The molecule has 2 aromatic carbocycles. The van der Waals surface area contributed by atoms with Crippen molar-refractivity contribution in [2.45, 2.75) is 37.3 Å². The predicted molar refractivity (Wildman–Crippen MR) is 158 cm³/mol. The SMILES string of the molecule is CN(CCO)c1ccc(C=C2C(=O)OC3(CCC4(CC3)OC(=O)C(=Cc3ccc(N(C)CCO)cc3)C(=O)O4)OC2=O)cc1. The van der Waals surface area contributed by atoms with Crippen LogP contribution in [0.4, 0.5) is 11.4 Å². The average Bonchev–Trinajstić information content (AvgIpc) is 3.00. The fourth-order valence-corrected chi connectivity index (χ4v) is 5.30. The van der Waals surface area contributed by atoms with E-state index in [0.29, 0.717) is 24.2 Å². The number of likely N-dealkylation sites (N-methyl/N-ethyl adjacent to an activating group) is 2. The smallest absolute Gasteiger partial charge is 0.348 e. The lowest BCUT2D eigenvalue weighted by atomic mass is 9.87. The number of esters is 4. The third-order valence-corrected chi connectivity index (χ3v) is 7.93. The Morgan fingerprint density at radius 3 is 1.16 bits per heavy atom. The third-order valence-electron chi connectivity index (χ3n) is 7.93. The van der Waals surface area contributed by atoms with Crippen LogP contribution in [0.2, 0.25) is 0 Å². The zero-order chi connectivity index (χ0) is 31.5. The fraction of sp³-hybridized carbons (Fsp3) is 0.375. The molecule has 2 saturated heterocycles. The molecule has 0 amide bonds. The molecule has 5 rings (SSSR count). The number of hydrogen-bond acceptors (Lipinski definition) is 12. The second-order valence-corrected chi connectivity index (χ2v) is 11.0. The van der Waals surface area contributed by atoms with Gasteiger partial charge in [0.25, 0.3) is 11.6 Å². The molecule has 44 heavy (non-hydrogen) atoms.